The lowest BCUT2D eigenvalue weighted by Crippen LogP contribution is -2.29. The fourth-order valence-corrected chi connectivity index (χ4v) is 6.43. The van der Waals surface area contributed by atoms with Crippen molar-refractivity contribution >= 4 is 62.8 Å². The molecule has 1 unspecified atom stereocenters. The molecule has 12 heteroatoms. The Morgan fingerprint density at radius 2 is 1.76 bits per heavy atom. The maximum Gasteiger partial charge on any atom is 0.338 e. The number of benzene rings is 3. The number of hydrogen-bond donors (Lipinski definition) is 1. The summed E-state index contributed by atoms with van der Waals surface area (Å²) in [5, 5.41) is 9.83. The van der Waals surface area contributed by atoms with Gasteiger partial charge in [0, 0.05) is 27.1 Å². The molecule has 1 aliphatic heterocycles. The zero-order chi connectivity index (χ0) is 29.8. The summed E-state index contributed by atoms with van der Waals surface area (Å²) in [6, 6.07) is 18.2. The average Bonchev–Trinajstić information content (AvgIpc) is 3.38. The Hall–Kier alpha value is -3.18. The van der Waals surface area contributed by atoms with Crippen LogP contribution in [0.4, 0.5) is 5.95 Å². The molecule has 0 spiro atoms. The highest BCUT2D eigenvalue weighted by atomic mass is 79.9. The molecule has 0 saturated heterocycles. The molecule has 1 N–H and O–H groups in total. The van der Waals surface area contributed by atoms with Gasteiger partial charge in [-0.05, 0) is 65.2 Å². The van der Waals surface area contributed by atoms with E-state index >= 15 is 0 Å². The van der Waals surface area contributed by atoms with E-state index in [0.717, 1.165) is 16.7 Å². The quantitative estimate of drug-likeness (QED) is 0.132. The van der Waals surface area contributed by atoms with Crippen LogP contribution in [0, 0.1) is 0 Å². The van der Waals surface area contributed by atoms with E-state index in [2.05, 4.69) is 21.2 Å². The Morgan fingerprint density at radius 3 is 2.43 bits per heavy atom. The van der Waals surface area contributed by atoms with Crippen LogP contribution in [0.2, 0.25) is 10.0 Å². The van der Waals surface area contributed by atoms with E-state index in [1.165, 1.54) is 18.9 Å². The van der Waals surface area contributed by atoms with Crippen LogP contribution in [0.3, 0.4) is 0 Å². The van der Waals surface area contributed by atoms with Gasteiger partial charge in [-0.25, -0.2) is 9.48 Å². The number of anilines is 1. The van der Waals surface area contributed by atoms with Crippen molar-refractivity contribution in [1.29, 1.82) is 0 Å². The number of hydrogen-bond acceptors (Lipinski definition) is 8. The largest absolute Gasteiger partial charge is 0.490 e. The number of rotatable bonds is 10. The minimum Gasteiger partial charge on any atom is -0.490 e. The van der Waals surface area contributed by atoms with Crippen molar-refractivity contribution in [2.45, 2.75) is 37.4 Å². The van der Waals surface area contributed by atoms with Gasteiger partial charge in [-0.3, -0.25) is 0 Å². The van der Waals surface area contributed by atoms with Crippen LogP contribution in [-0.2, 0) is 21.9 Å². The number of nitrogens with one attached hydrogen (secondary N) is 1. The van der Waals surface area contributed by atoms with Crippen molar-refractivity contribution in [2.24, 2.45) is 0 Å². The second-order valence-corrected chi connectivity index (χ2v) is 11.9. The predicted molar refractivity (Wildman–Crippen MR) is 169 cm³/mol. The Bertz CT molecular complexity index is 1660. The first kappa shape index (κ1) is 30.3. The number of ether oxygens (including phenoxy) is 3. The Kier molecular flexibility index (Phi) is 9.67. The topological polar surface area (TPSA) is 87.5 Å². The number of carbonyl (C=O) groups excluding carboxylic acids is 1. The highest BCUT2D eigenvalue weighted by Gasteiger charge is 2.36. The van der Waals surface area contributed by atoms with Crippen LogP contribution in [0.15, 0.2) is 81.6 Å². The molecule has 0 fully saturated rings. The standard InChI is InChI=1S/C30H27BrCl2N4O4S/c1-4-40-24-14-20(13-21(31)27(24)41-15-18-9-5-7-11-22(18)32)26-25(28(38)39-3)17(2)34-29-35-30(36-37(26)29)42-16-19-10-6-8-12-23(19)33/h5-14,26H,4,15-16H2,1-3H3,(H,34,35,36). The van der Waals surface area contributed by atoms with Crippen LogP contribution in [0.25, 0.3) is 0 Å². The number of fused-ring (bicyclic) bond motifs is 1. The average molecular weight is 690 g/mol. The first-order chi connectivity index (χ1) is 20.3. The Labute approximate surface area is 266 Å². The fraction of sp³-hybridized carbons (Fsp3) is 0.233. The molecule has 5 rings (SSSR count). The molecule has 1 aliphatic rings. The number of allylic oxidation sites excluding steroid dienone is 1. The van der Waals surface area contributed by atoms with Gasteiger partial charge >= 0.3 is 5.97 Å². The van der Waals surface area contributed by atoms with Gasteiger partial charge in [0.15, 0.2) is 11.5 Å². The third kappa shape index (κ3) is 6.41. The summed E-state index contributed by atoms with van der Waals surface area (Å²) < 4.78 is 19.7. The van der Waals surface area contributed by atoms with Gasteiger partial charge in [-0.15, -0.1) is 5.10 Å². The monoisotopic (exact) mass is 688 g/mol. The van der Waals surface area contributed by atoms with Gasteiger partial charge in [0.1, 0.15) is 12.6 Å². The Balaban J connectivity index is 1.52. The molecule has 3 aromatic carbocycles. The zero-order valence-electron chi connectivity index (χ0n) is 23.0. The van der Waals surface area contributed by atoms with Crippen molar-refractivity contribution in [2.75, 3.05) is 19.0 Å². The molecule has 42 heavy (non-hydrogen) atoms. The highest BCUT2D eigenvalue weighted by molar-refractivity contribution is 9.10. The number of carbonyl (C=O) groups is 1. The molecular formula is C30H27BrCl2N4O4S. The lowest BCUT2D eigenvalue weighted by molar-refractivity contribution is -0.136. The van der Waals surface area contributed by atoms with E-state index in [1.807, 2.05) is 74.5 Å². The zero-order valence-corrected chi connectivity index (χ0v) is 26.9. The maximum atomic E-state index is 13.1. The van der Waals surface area contributed by atoms with Gasteiger partial charge in [0.2, 0.25) is 11.1 Å². The molecule has 0 bridgehead atoms. The van der Waals surface area contributed by atoms with E-state index in [1.54, 1.807) is 4.68 Å². The summed E-state index contributed by atoms with van der Waals surface area (Å²) in [6.45, 7) is 4.36. The molecular weight excluding hydrogens is 663 g/mol. The van der Waals surface area contributed by atoms with E-state index < -0.39 is 12.0 Å². The predicted octanol–water partition coefficient (Wildman–Crippen LogP) is 8.08. The molecule has 0 radical (unpaired) electrons. The number of esters is 1. The second-order valence-electron chi connectivity index (χ2n) is 9.24. The highest BCUT2D eigenvalue weighted by Crippen LogP contribution is 2.44. The van der Waals surface area contributed by atoms with Gasteiger partial charge in [-0.1, -0.05) is 71.4 Å². The molecule has 0 saturated carbocycles. The van der Waals surface area contributed by atoms with Crippen LogP contribution in [-0.4, -0.2) is 34.5 Å². The first-order valence-electron chi connectivity index (χ1n) is 13.0. The van der Waals surface area contributed by atoms with E-state index in [4.69, 9.17) is 47.5 Å². The fourth-order valence-electron chi connectivity index (χ4n) is 4.55. The summed E-state index contributed by atoms with van der Waals surface area (Å²) >= 11 is 17.8. The number of halogens is 3. The van der Waals surface area contributed by atoms with Crippen molar-refractivity contribution in [3.8, 4) is 11.5 Å². The van der Waals surface area contributed by atoms with Crippen molar-refractivity contribution in [3.05, 3.63) is 103 Å². The summed E-state index contributed by atoms with van der Waals surface area (Å²) in [5.74, 6) is 1.63. The smallest absolute Gasteiger partial charge is 0.338 e. The summed E-state index contributed by atoms with van der Waals surface area (Å²) in [5.41, 5.74) is 3.56. The molecule has 1 aromatic heterocycles. The molecule has 1 atom stereocenters. The van der Waals surface area contributed by atoms with Crippen LogP contribution in [0.5, 0.6) is 11.5 Å². The van der Waals surface area contributed by atoms with E-state index in [0.29, 0.717) is 60.8 Å². The number of thioether (sulfide) groups is 1. The van der Waals surface area contributed by atoms with Gasteiger partial charge < -0.3 is 19.5 Å². The molecule has 218 valence electrons. The lowest BCUT2D eigenvalue weighted by Gasteiger charge is -2.28. The van der Waals surface area contributed by atoms with E-state index in [-0.39, 0.29) is 6.61 Å². The van der Waals surface area contributed by atoms with Crippen LogP contribution in [0.1, 0.15) is 36.6 Å². The Morgan fingerprint density at radius 1 is 1.07 bits per heavy atom. The minimum atomic E-state index is -0.649. The number of aromatic nitrogens is 3. The second kappa shape index (κ2) is 13.4. The van der Waals surface area contributed by atoms with Crippen molar-refractivity contribution in [3.63, 3.8) is 0 Å². The van der Waals surface area contributed by atoms with Crippen LogP contribution >= 0.6 is 50.9 Å². The van der Waals surface area contributed by atoms with Gasteiger partial charge in [-0.2, -0.15) is 4.98 Å². The van der Waals surface area contributed by atoms with E-state index in [9.17, 15) is 4.79 Å². The molecule has 4 aromatic rings. The van der Waals surface area contributed by atoms with Crippen molar-refractivity contribution < 1.29 is 19.0 Å². The van der Waals surface area contributed by atoms with Gasteiger partial charge in [0.25, 0.3) is 0 Å². The summed E-state index contributed by atoms with van der Waals surface area (Å²) in [7, 11) is 1.36. The summed E-state index contributed by atoms with van der Waals surface area (Å²) in [6.07, 6.45) is 0. The van der Waals surface area contributed by atoms with Crippen LogP contribution < -0.4 is 14.8 Å². The molecule has 2 heterocycles. The van der Waals surface area contributed by atoms with Gasteiger partial charge in [0.05, 0.1) is 23.8 Å². The SMILES string of the molecule is CCOc1cc(C2C(C(=O)OC)=C(C)Nc3nc(SCc4ccccc4Cl)nn32)cc(Br)c1OCc1ccccc1Cl. The third-order valence-electron chi connectivity index (χ3n) is 6.53. The maximum absolute atomic E-state index is 13.1. The molecule has 0 aliphatic carbocycles. The number of methoxy groups -OCH3 is 1. The minimum absolute atomic E-state index is 0.247. The number of nitrogens with zero attached hydrogens (tertiary/aromatic N) is 3. The first-order valence-corrected chi connectivity index (χ1v) is 15.5. The third-order valence-corrected chi connectivity index (χ3v) is 8.74. The van der Waals surface area contributed by atoms with Crippen molar-refractivity contribution in [1.82, 2.24) is 14.8 Å². The molecule has 0 amide bonds. The molecule has 8 nitrogen and oxygen atoms in total. The lowest BCUT2D eigenvalue weighted by atomic mass is 9.95. The normalized spacial score (nSPS) is 14.3. The summed E-state index contributed by atoms with van der Waals surface area (Å²) in [4.78, 5) is 17.8.